The molecule has 1 unspecified atom stereocenters. The Morgan fingerprint density at radius 3 is 2.29 bits per heavy atom. The fourth-order valence-electron chi connectivity index (χ4n) is 3.73. The third-order valence-electron chi connectivity index (χ3n) is 5.29. The summed E-state index contributed by atoms with van der Waals surface area (Å²) in [5, 5.41) is 0. The first-order valence-electron chi connectivity index (χ1n) is 10.1. The molecular weight excluding hydrogens is 352 g/mol. The van der Waals surface area contributed by atoms with Gasteiger partial charge in [-0.25, -0.2) is 0 Å². The van der Waals surface area contributed by atoms with E-state index in [1.165, 1.54) is 10.5 Å². The van der Waals surface area contributed by atoms with Crippen molar-refractivity contribution in [3.63, 3.8) is 0 Å². The first-order chi connectivity index (χ1) is 13.2. The first kappa shape index (κ1) is 20.6. The van der Waals surface area contributed by atoms with E-state index in [9.17, 15) is 4.79 Å². The molecule has 5 nitrogen and oxygen atoms in total. The van der Waals surface area contributed by atoms with E-state index in [1.807, 2.05) is 36.9 Å². The summed E-state index contributed by atoms with van der Waals surface area (Å²) in [6, 6.07) is 14.3. The molecule has 3 rings (SSSR count). The summed E-state index contributed by atoms with van der Waals surface area (Å²) in [7, 11) is 0. The zero-order valence-electron chi connectivity index (χ0n) is 17.7. The molecule has 1 amide bonds. The summed E-state index contributed by atoms with van der Waals surface area (Å²) in [5.74, 6) is 1.22. The van der Waals surface area contributed by atoms with Gasteiger partial charge >= 0.3 is 0 Å². The molecular formula is C23H33N2O3+. The fraction of sp³-hybridized carbons (Fsp3) is 0.522. The minimum absolute atomic E-state index is 0.0476. The lowest BCUT2D eigenvalue weighted by atomic mass is 10.0. The van der Waals surface area contributed by atoms with Gasteiger partial charge in [0.25, 0.3) is 5.91 Å². The molecule has 5 heteroatoms. The van der Waals surface area contributed by atoms with Gasteiger partial charge in [-0.3, -0.25) is 4.79 Å². The molecule has 1 N–H and O–H groups in total. The second-order valence-corrected chi connectivity index (χ2v) is 8.93. The van der Waals surface area contributed by atoms with Crippen molar-refractivity contribution in [2.75, 3.05) is 13.1 Å². The molecule has 152 valence electrons. The number of nitrogens with zero attached hydrogens (tertiary/aromatic N) is 1. The number of ether oxygens (including phenoxy) is 1. The number of morpholine rings is 1. The minimum atomic E-state index is -0.0476. The maximum atomic E-state index is 12.8. The number of carbonyl (C=O) groups is 1. The van der Waals surface area contributed by atoms with Crippen molar-refractivity contribution in [1.29, 1.82) is 0 Å². The van der Waals surface area contributed by atoms with Gasteiger partial charge in [0.05, 0.1) is 17.7 Å². The quantitative estimate of drug-likeness (QED) is 0.861. The molecule has 1 fully saturated rings. The molecule has 3 atom stereocenters. The number of hydrogen-bond donors (Lipinski definition) is 1. The summed E-state index contributed by atoms with van der Waals surface area (Å²) < 4.78 is 11.7. The van der Waals surface area contributed by atoms with Crippen LogP contribution in [-0.2, 0) is 17.8 Å². The van der Waals surface area contributed by atoms with Gasteiger partial charge in [-0.15, -0.1) is 0 Å². The van der Waals surface area contributed by atoms with Gasteiger partial charge in [-0.2, -0.15) is 0 Å². The van der Waals surface area contributed by atoms with Crippen LogP contribution in [-0.4, -0.2) is 41.6 Å². The van der Waals surface area contributed by atoms with Crippen LogP contribution in [0, 0.1) is 0 Å². The second kappa shape index (κ2) is 8.50. The van der Waals surface area contributed by atoms with E-state index >= 15 is 0 Å². The summed E-state index contributed by atoms with van der Waals surface area (Å²) in [6.07, 6.45) is 0.0997. The van der Waals surface area contributed by atoms with Crippen LogP contribution >= 0.6 is 0 Å². The van der Waals surface area contributed by atoms with Crippen molar-refractivity contribution in [1.82, 2.24) is 4.90 Å². The summed E-state index contributed by atoms with van der Waals surface area (Å²) >= 11 is 0. The average molecular weight is 386 g/mol. The van der Waals surface area contributed by atoms with E-state index in [2.05, 4.69) is 45.0 Å². The van der Waals surface area contributed by atoms with Crippen LogP contribution < -0.4 is 4.90 Å². The molecule has 1 saturated heterocycles. The number of furan rings is 1. The Bertz CT molecular complexity index is 769. The third kappa shape index (κ3) is 5.24. The molecule has 0 bridgehead atoms. The predicted molar refractivity (Wildman–Crippen MR) is 109 cm³/mol. The van der Waals surface area contributed by atoms with E-state index in [1.54, 1.807) is 0 Å². The smallest absolute Gasteiger partial charge is 0.289 e. The Labute approximate surface area is 168 Å². The molecule has 28 heavy (non-hydrogen) atoms. The summed E-state index contributed by atoms with van der Waals surface area (Å²) in [4.78, 5) is 16.1. The van der Waals surface area contributed by atoms with Crippen LogP contribution in [0.3, 0.4) is 0 Å². The van der Waals surface area contributed by atoms with E-state index in [-0.39, 0.29) is 23.7 Å². The fourth-order valence-corrected chi connectivity index (χ4v) is 3.73. The molecule has 1 aromatic heterocycles. The number of carbonyl (C=O) groups excluding carboxylic acids is 1. The van der Waals surface area contributed by atoms with E-state index in [0.717, 1.165) is 18.8 Å². The normalized spacial score (nSPS) is 21.5. The van der Waals surface area contributed by atoms with Gasteiger partial charge < -0.3 is 19.0 Å². The predicted octanol–water partition coefficient (Wildman–Crippen LogP) is 2.91. The maximum Gasteiger partial charge on any atom is 0.289 e. The largest absolute Gasteiger partial charge is 0.450 e. The zero-order valence-corrected chi connectivity index (χ0v) is 17.7. The van der Waals surface area contributed by atoms with Crippen LogP contribution in [0.25, 0.3) is 0 Å². The van der Waals surface area contributed by atoms with Crippen molar-refractivity contribution < 1.29 is 18.8 Å². The molecule has 0 aliphatic carbocycles. The Balaban J connectivity index is 1.70. The van der Waals surface area contributed by atoms with E-state index in [4.69, 9.17) is 9.15 Å². The van der Waals surface area contributed by atoms with Crippen LogP contribution in [0.4, 0.5) is 0 Å². The van der Waals surface area contributed by atoms with Crippen LogP contribution in [0.5, 0.6) is 0 Å². The number of amides is 1. The van der Waals surface area contributed by atoms with Gasteiger partial charge in [-0.05, 0) is 46.8 Å². The first-order valence-corrected chi connectivity index (χ1v) is 10.1. The number of nitrogens with one attached hydrogen (secondary N) is 1. The second-order valence-electron chi connectivity index (χ2n) is 8.93. The molecule has 0 saturated carbocycles. The Hall–Kier alpha value is -2.11. The summed E-state index contributed by atoms with van der Waals surface area (Å²) in [6.45, 7) is 13.5. The number of benzene rings is 1. The van der Waals surface area contributed by atoms with Crippen LogP contribution in [0.15, 0.2) is 46.9 Å². The SMILES string of the molecule is C[C@@H]1CN(C(=O)c2ccc(C[NH+](Cc3ccccc3)C(C)(C)C)o2)C[C@H](C)O1. The van der Waals surface area contributed by atoms with Crippen molar-refractivity contribution >= 4 is 5.91 Å². The number of quaternary nitrogens is 1. The van der Waals surface area contributed by atoms with Crippen molar-refractivity contribution in [3.05, 3.63) is 59.5 Å². The number of rotatable bonds is 5. The van der Waals surface area contributed by atoms with Crippen molar-refractivity contribution in [3.8, 4) is 0 Å². The van der Waals surface area contributed by atoms with Crippen LogP contribution in [0.1, 0.15) is 56.5 Å². The highest BCUT2D eigenvalue weighted by atomic mass is 16.5. The Kier molecular flexibility index (Phi) is 6.26. The molecule has 1 aliphatic heterocycles. The van der Waals surface area contributed by atoms with Gasteiger partial charge in [0.15, 0.2) is 11.5 Å². The van der Waals surface area contributed by atoms with Gasteiger partial charge in [0.1, 0.15) is 13.1 Å². The standard InChI is InChI=1S/C23H32N2O3/c1-17-13-24(14-18(2)27-17)22(26)21-12-11-20(28-21)16-25(23(3,4)5)15-19-9-7-6-8-10-19/h6-12,17-18H,13-16H2,1-5H3/p+1/t17-,18+. The maximum absolute atomic E-state index is 12.8. The average Bonchev–Trinajstić information content (AvgIpc) is 3.08. The lowest BCUT2D eigenvalue weighted by Gasteiger charge is -2.34. The van der Waals surface area contributed by atoms with E-state index in [0.29, 0.717) is 18.8 Å². The summed E-state index contributed by atoms with van der Waals surface area (Å²) in [5.41, 5.74) is 1.36. The molecule has 1 aliphatic rings. The van der Waals surface area contributed by atoms with Gasteiger partial charge in [-0.1, -0.05) is 30.3 Å². The number of hydrogen-bond acceptors (Lipinski definition) is 3. The Morgan fingerprint density at radius 1 is 1.04 bits per heavy atom. The lowest BCUT2D eigenvalue weighted by molar-refractivity contribution is -0.973. The highest BCUT2D eigenvalue weighted by Gasteiger charge is 2.30. The van der Waals surface area contributed by atoms with Crippen LogP contribution in [0.2, 0.25) is 0 Å². The molecule has 0 spiro atoms. The van der Waals surface area contributed by atoms with Crippen molar-refractivity contribution in [2.45, 2.75) is 65.5 Å². The lowest BCUT2D eigenvalue weighted by Crippen LogP contribution is -3.16. The molecule has 2 heterocycles. The van der Waals surface area contributed by atoms with E-state index < -0.39 is 0 Å². The molecule has 0 radical (unpaired) electrons. The Morgan fingerprint density at radius 2 is 1.68 bits per heavy atom. The monoisotopic (exact) mass is 385 g/mol. The topological polar surface area (TPSA) is 47.1 Å². The van der Waals surface area contributed by atoms with Gasteiger partial charge in [0.2, 0.25) is 0 Å². The zero-order chi connectivity index (χ0) is 20.3. The van der Waals surface area contributed by atoms with Crippen molar-refractivity contribution in [2.24, 2.45) is 0 Å². The van der Waals surface area contributed by atoms with Gasteiger partial charge in [0, 0.05) is 18.7 Å². The highest BCUT2D eigenvalue weighted by Crippen LogP contribution is 2.16. The molecule has 2 aromatic rings. The minimum Gasteiger partial charge on any atom is -0.450 e. The molecule has 1 aromatic carbocycles. The highest BCUT2D eigenvalue weighted by molar-refractivity contribution is 5.91. The third-order valence-corrected chi connectivity index (χ3v) is 5.29.